The second kappa shape index (κ2) is 10.6. The van der Waals surface area contributed by atoms with Crippen LogP contribution in [0.15, 0.2) is 48.2 Å². The van der Waals surface area contributed by atoms with Crippen LogP contribution >= 0.6 is 12.2 Å². The number of hydrogen-bond acceptors (Lipinski definition) is 4. The molecule has 0 aliphatic carbocycles. The summed E-state index contributed by atoms with van der Waals surface area (Å²) in [7, 11) is 1.33. The number of benzene rings is 3. The first kappa shape index (κ1) is 26.1. The molecule has 1 saturated heterocycles. The highest BCUT2D eigenvalue weighted by molar-refractivity contribution is 7.80. The number of methoxy groups -OCH3 is 1. The molecule has 0 atom stereocenters. The number of halogens is 5. The third-order valence-corrected chi connectivity index (χ3v) is 5.93. The summed E-state index contributed by atoms with van der Waals surface area (Å²) < 4.78 is 78.5. The van der Waals surface area contributed by atoms with E-state index >= 15 is 0 Å². The number of aryl methyl sites for hydroxylation is 1. The standard InChI is InChI=1S/C26H19F5N2O3S/c1-3-14-6-4-5-7-17(14)33-25(34)16(32-26(33)37)11-13-8-9-18(35-2)15(10-13)12-36-24-22(30)20(28)19(27)21(29)23(24)31/h4-11H,3,12H2,1-2H3,(H,32,37)/b16-11+. The van der Waals surface area contributed by atoms with E-state index in [1.54, 1.807) is 18.2 Å². The lowest BCUT2D eigenvalue weighted by molar-refractivity contribution is -0.113. The fraction of sp³-hybridized carbons (Fsp3) is 0.154. The number of amides is 1. The molecule has 3 aromatic rings. The van der Waals surface area contributed by atoms with Crippen molar-refractivity contribution in [2.45, 2.75) is 20.0 Å². The number of thiocarbonyl (C=S) groups is 1. The normalized spacial score (nSPS) is 14.4. The zero-order valence-corrected chi connectivity index (χ0v) is 20.3. The average molecular weight is 535 g/mol. The minimum absolute atomic E-state index is 0.174. The van der Waals surface area contributed by atoms with Crippen molar-refractivity contribution in [1.82, 2.24) is 5.32 Å². The van der Waals surface area contributed by atoms with Gasteiger partial charge in [0.15, 0.2) is 10.9 Å². The van der Waals surface area contributed by atoms with Gasteiger partial charge in [0.1, 0.15) is 18.1 Å². The first-order valence-corrected chi connectivity index (χ1v) is 11.3. The van der Waals surface area contributed by atoms with Crippen molar-refractivity contribution in [1.29, 1.82) is 0 Å². The minimum atomic E-state index is -2.28. The topological polar surface area (TPSA) is 50.8 Å². The summed E-state index contributed by atoms with van der Waals surface area (Å²) in [5.74, 6) is -12.3. The van der Waals surface area contributed by atoms with Gasteiger partial charge >= 0.3 is 0 Å². The molecule has 4 rings (SSSR count). The average Bonchev–Trinajstić information content (AvgIpc) is 3.18. The van der Waals surface area contributed by atoms with Crippen LogP contribution in [0.3, 0.4) is 0 Å². The van der Waals surface area contributed by atoms with E-state index in [9.17, 15) is 26.7 Å². The molecule has 0 bridgehead atoms. The third-order valence-electron chi connectivity index (χ3n) is 5.65. The number of ether oxygens (including phenoxy) is 2. The SMILES string of the molecule is CCc1ccccc1N1C(=O)/C(=C\c2ccc(OC)c(COc3c(F)c(F)c(F)c(F)c3F)c2)NC1=S. The Kier molecular flexibility index (Phi) is 7.44. The largest absolute Gasteiger partial charge is 0.496 e. The molecule has 0 unspecified atom stereocenters. The summed E-state index contributed by atoms with van der Waals surface area (Å²) in [6.45, 7) is 1.37. The van der Waals surface area contributed by atoms with Gasteiger partial charge in [0.25, 0.3) is 5.91 Å². The molecule has 1 fully saturated rings. The fourth-order valence-electron chi connectivity index (χ4n) is 3.81. The molecule has 3 aromatic carbocycles. The van der Waals surface area contributed by atoms with Gasteiger partial charge in [-0.2, -0.15) is 8.78 Å². The van der Waals surface area contributed by atoms with Crippen LogP contribution in [-0.4, -0.2) is 18.1 Å². The highest BCUT2D eigenvalue weighted by Gasteiger charge is 2.33. The summed E-state index contributed by atoms with van der Waals surface area (Å²) >= 11 is 5.37. The van der Waals surface area contributed by atoms with Crippen molar-refractivity contribution in [3.8, 4) is 11.5 Å². The smallest absolute Gasteiger partial charge is 0.281 e. The highest BCUT2D eigenvalue weighted by atomic mass is 32.1. The van der Waals surface area contributed by atoms with E-state index in [-0.39, 0.29) is 28.0 Å². The molecule has 1 N–H and O–H groups in total. The van der Waals surface area contributed by atoms with Gasteiger partial charge in [-0.25, -0.2) is 13.2 Å². The molecule has 5 nitrogen and oxygen atoms in total. The maximum atomic E-state index is 14.0. The number of para-hydroxylation sites is 1. The maximum absolute atomic E-state index is 14.0. The van der Waals surface area contributed by atoms with Crippen LogP contribution in [0.1, 0.15) is 23.6 Å². The summed E-state index contributed by atoms with van der Waals surface area (Å²) in [6, 6.07) is 11.9. The molecule has 0 saturated carbocycles. The van der Waals surface area contributed by atoms with Crippen LogP contribution in [0.2, 0.25) is 0 Å². The van der Waals surface area contributed by atoms with Gasteiger partial charge in [0, 0.05) is 5.56 Å². The lowest BCUT2D eigenvalue weighted by Gasteiger charge is -2.17. The Labute approximate surface area is 214 Å². The van der Waals surface area contributed by atoms with Crippen molar-refractivity contribution in [2.75, 3.05) is 12.0 Å². The number of carbonyl (C=O) groups is 1. The van der Waals surface area contributed by atoms with Crippen LogP contribution < -0.4 is 19.7 Å². The molecule has 1 aliphatic rings. The highest BCUT2D eigenvalue weighted by Crippen LogP contribution is 2.32. The lowest BCUT2D eigenvalue weighted by Crippen LogP contribution is -2.31. The van der Waals surface area contributed by atoms with Gasteiger partial charge in [0.2, 0.25) is 29.1 Å². The third kappa shape index (κ3) is 4.86. The van der Waals surface area contributed by atoms with Crippen LogP contribution in [-0.2, 0) is 17.8 Å². The minimum Gasteiger partial charge on any atom is -0.496 e. The van der Waals surface area contributed by atoms with Gasteiger partial charge in [-0.05, 0) is 54.0 Å². The molecule has 0 aromatic heterocycles. The predicted octanol–water partition coefficient (Wildman–Crippen LogP) is 5.79. The van der Waals surface area contributed by atoms with E-state index in [1.807, 2.05) is 19.1 Å². The van der Waals surface area contributed by atoms with Crippen LogP contribution in [0.5, 0.6) is 11.5 Å². The van der Waals surface area contributed by atoms with Gasteiger partial charge in [-0.1, -0.05) is 31.2 Å². The summed E-state index contributed by atoms with van der Waals surface area (Å²) in [4.78, 5) is 14.5. The molecule has 192 valence electrons. The van der Waals surface area contributed by atoms with Crippen LogP contribution in [0, 0.1) is 29.1 Å². The zero-order valence-electron chi connectivity index (χ0n) is 19.5. The van der Waals surface area contributed by atoms with Crippen molar-refractivity contribution < 1.29 is 36.2 Å². The fourth-order valence-corrected chi connectivity index (χ4v) is 4.10. The summed E-state index contributed by atoms with van der Waals surface area (Å²) in [6.07, 6.45) is 2.19. The molecular weight excluding hydrogens is 515 g/mol. The van der Waals surface area contributed by atoms with Crippen molar-refractivity contribution >= 4 is 35.0 Å². The van der Waals surface area contributed by atoms with E-state index in [2.05, 4.69) is 5.32 Å². The Morgan fingerprint density at radius 2 is 1.59 bits per heavy atom. The molecule has 37 heavy (non-hydrogen) atoms. The Morgan fingerprint density at radius 1 is 0.946 bits per heavy atom. The predicted molar refractivity (Wildman–Crippen MR) is 131 cm³/mol. The molecule has 1 aliphatic heterocycles. The van der Waals surface area contributed by atoms with Gasteiger partial charge in [-0.15, -0.1) is 0 Å². The summed E-state index contributed by atoms with van der Waals surface area (Å²) in [5.41, 5.74) is 2.44. The molecule has 11 heteroatoms. The van der Waals surface area contributed by atoms with Gasteiger partial charge in [-0.3, -0.25) is 9.69 Å². The van der Waals surface area contributed by atoms with Crippen LogP contribution in [0.25, 0.3) is 6.08 Å². The van der Waals surface area contributed by atoms with E-state index in [1.165, 1.54) is 30.2 Å². The van der Waals surface area contributed by atoms with Gasteiger partial charge in [0.05, 0.1) is 12.8 Å². The second-order valence-corrected chi connectivity index (χ2v) is 8.26. The second-order valence-electron chi connectivity index (χ2n) is 7.87. The molecule has 0 radical (unpaired) electrons. The number of carbonyl (C=O) groups excluding carboxylic acids is 1. The van der Waals surface area contributed by atoms with Crippen molar-refractivity contribution in [3.05, 3.63) is 93.9 Å². The Hall–Kier alpha value is -3.99. The van der Waals surface area contributed by atoms with Gasteiger partial charge < -0.3 is 14.8 Å². The first-order chi connectivity index (χ1) is 17.7. The monoisotopic (exact) mass is 534 g/mol. The quantitative estimate of drug-likeness (QED) is 0.137. The number of nitrogens with one attached hydrogen (secondary N) is 1. The van der Waals surface area contributed by atoms with Crippen LogP contribution in [0.4, 0.5) is 27.6 Å². The van der Waals surface area contributed by atoms with Crippen molar-refractivity contribution in [2.24, 2.45) is 0 Å². The van der Waals surface area contributed by atoms with E-state index in [4.69, 9.17) is 21.7 Å². The summed E-state index contributed by atoms with van der Waals surface area (Å²) in [5, 5.41) is 3.07. The number of rotatable bonds is 7. The Bertz CT molecular complexity index is 1410. The van der Waals surface area contributed by atoms with E-state index in [0.29, 0.717) is 17.7 Å². The Balaban J connectivity index is 1.63. The molecule has 0 spiro atoms. The lowest BCUT2D eigenvalue weighted by atomic mass is 10.1. The van der Waals surface area contributed by atoms with E-state index < -0.39 is 41.4 Å². The van der Waals surface area contributed by atoms with E-state index in [0.717, 1.165) is 5.56 Å². The zero-order chi connectivity index (χ0) is 26.9. The number of hydrogen-bond donors (Lipinski definition) is 1. The molecule has 1 amide bonds. The maximum Gasteiger partial charge on any atom is 0.281 e. The molecular formula is C26H19F5N2O3S. The number of anilines is 1. The molecule has 1 heterocycles. The number of nitrogens with zero attached hydrogens (tertiary/aromatic N) is 1. The van der Waals surface area contributed by atoms with Crippen molar-refractivity contribution in [3.63, 3.8) is 0 Å². The first-order valence-electron chi connectivity index (χ1n) is 10.9. The Morgan fingerprint density at radius 3 is 2.24 bits per heavy atom.